The first-order valence-corrected chi connectivity index (χ1v) is 14.8. The van der Waals surface area contributed by atoms with E-state index >= 15 is 0 Å². The molecule has 3 N–H and O–H groups in total. The number of benzene rings is 3. The second kappa shape index (κ2) is 13.6. The van der Waals surface area contributed by atoms with Crippen molar-refractivity contribution in [3.8, 4) is 16.9 Å². The van der Waals surface area contributed by atoms with Gasteiger partial charge in [0.25, 0.3) is 0 Å². The Morgan fingerprint density at radius 1 is 0.800 bits per heavy atom. The summed E-state index contributed by atoms with van der Waals surface area (Å²) in [7, 11) is 0. The van der Waals surface area contributed by atoms with Crippen LogP contribution in [0.2, 0.25) is 0 Å². The zero-order valence-electron chi connectivity index (χ0n) is 23.3. The number of piperazine rings is 1. The van der Waals surface area contributed by atoms with Crippen LogP contribution in [0.1, 0.15) is 62.5 Å². The van der Waals surface area contributed by atoms with Crippen LogP contribution in [0.4, 0.5) is 0 Å². The highest BCUT2D eigenvalue weighted by Gasteiger charge is 2.40. The van der Waals surface area contributed by atoms with E-state index in [0.717, 1.165) is 53.7 Å². The number of hydrogen-bond donors (Lipinski definition) is 2. The lowest BCUT2D eigenvalue weighted by Gasteiger charge is -2.39. The minimum atomic E-state index is -0.591. The fourth-order valence-electron chi connectivity index (χ4n) is 5.87. The molecule has 210 valence electrons. The second-order valence-corrected chi connectivity index (χ2v) is 11.1. The third-order valence-electron chi connectivity index (χ3n) is 8.14. The van der Waals surface area contributed by atoms with Gasteiger partial charge in [0, 0.05) is 13.0 Å². The summed E-state index contributed by atoms with van der Waals surface area (Å²) < 4.78 is 6.17. The first-order chi connectivity index (χ1) is 19.6. The summed E-state index contributed by atoms with van der Waals surface area (Å²) in [4.78, 5) is 28.9. The smallest absolute Gasteiger partial charge is 0.246 e. The van der Waals surface area contributed by atoms with Crippen molar-refractivity contribution in [3.05, 3.63) is 90.0 Å². The van der Waals surface area contributed by atoms with Crippen LogP contribution >= 0.6 is 0 Å². The standard InChI is InChI=1S/C34H41N3O3/c35-22-8-7-13-32-33(38)36-31(23-25-16-20-30(21-17-25)40-29-11-5-2-6-12-29)34(39)37(32)24-26-14-18-28(19-15-26)27-9-3-1-4-10-27/h1,3-4,9-10,14-21,29,31-32H,2,5-8,11-13,22-24,35H2,(H,36,38)/t31-,32-/m0/s1. The molecule has 2 aliphatic rings. The summed E-state index contributed by atoms with van der Waals surface area (Å²) in [5.41, 5.74) is 9.99. The van der Waals surface area contributed by atoms with Gasteiger partial charge in [-0.25, -0.2) is 0 Å². The highest BCUT2D eigenvalue weighted by atomic mass is 16.5. The van der Waals surface area contributed by atoms with E-state index in [-0.39, 0.29) is 11.8 Å². The van der Waals surface area contributed by atoms with Crippen molar-refractivity contribution >= 4 is 11.8 Å². The Hall–Kier alpha value is -3.64. The second-order valence-electron chi connectivity index (χ2n) is 11.1. The molecule has 3 aromatic rings. The molecule has 0 spiro atoms. The number of carbonyl (C=O) groups is 2. The Morgan fingerprint density at radius 2 is 1.48 bits per heavy atom. The van der Waals surface area contributed by atoms with Crippen LogP contribution in [0.3, 0.4) is 0 Å². The molecular formula is C34H41N3O3. The van der Waals surface area contributed by atoms with Crippen LogP contribution in [-0.4, -0.2) is 41.4 Å². The summed E-state index contributed by atoms with van der Waals surface area (Å²) in [6, 6.07) is 25.4. The maximum atomic E-state index is 13.8. The van der Waals surface area contributed by atoms with Gasteiger partial charge in [-0.15, -0.1) is 0 Å². The molecule has 40 heavy (non-hydrogen) atoms. The Labute approximate surface area is 237 Å². The zero-order valence-corrected chi connectivity index (χ0v) is 23.3. The van der Waals surface area contributed by atoms with Crippen molar-refractivity contribution in [1.82, 2.24) is 10.2 Å². The van der Waals surface area contributed by atoms with Crippen molar-refractivity contribution in [2.45, 2.75) is 82.5 Å². The molecule has 0 unspecified atom stereocenters. The maximum absolute atomic E-state index is 13.8. The maximum Gasteiger partial charge on any atom is 0.246 e. The lowest BCUT2D eigenvalue weighted by Crippen LogP contribution is -2.63. The number of hydrogen-bond acceptors (Lipinski definition) is 4. The van der Waals surface area contributed by atoms with Gasteiger partial charge in [0.15, 0.2) is 0 Å². The van der Waals surface area contributed by atoms with Gasteiger partial charge >= 0.3 is 0 Å². The van der Waals surface area contributed by atoms with Gasteiger partial charge in [-0.2, -0.15) is 0 Å². The van der Waals surface area contributed by atoms with Crippen LogP contribution in [0.25, 0.3) is 11.1 Å². The van der Waals surface area contributed by atoms with Gasteiger partial charge in [0.2, 0.25) is 11.8 Å². The van der Waals surface area contributed by atoms with E-state index in [1.165, 1.54) is 19.3 Å². The molecule has 1 saturated carbocycles. The minimum Gasteiger partial charge on any atom is -0.490 e. The molecule has 0 aromatic heterocycles. The number of carbonyl (C=O) groups excluding carboxylic acids is 2. The summed E-state index contributed by atoms with van der Waals surface area (Å²) in [6.45, 7) is 0.978. The third kappa shape index (κ3) is 7.11. The minimum absolute atomic E-state index is 0.0352. The van der Waals surface area contributed by atoms with Crippen molar-refractivity contribution in [3.63, 3.8) is 0 Å². The molecule has 1 heterocycles. The number of nitrogens with one attached hydrogen (secondary N) is 1. The zero-order chi connectivity index (χ0) is 27.7. The number of amides is 2. The Kier molecular flexibility index (Phi) is 9.50. The molecule has 5 rings (SSSR count). The van der Waals surface area contributed by atoms with Gasteiger partial charge in [-0.1, -0.05) is 73.2 Å². The van der Waals surface area contributed by atoms with Crippen molar-refractivity contribution in [2.24, 2.45) is 5.73 Å². The van der Waals surface area contributed by atoms with Crippen LogP contribution in [0.15, 0.2) is 78.9 Å². The largest absolute Gasteiger partial charge is 0.490 e. The molecule has 0 radical (unpaired) electrons. The fraction of sp³-hybridized carbons (Fsp3) is 0.412. The molecule has 1 aliphatic heterocycles. The van der Waals surface area contributed by atoms with Crippen LogP contribution in [-0.2, 0) is 22.6 Å². The van der Waals surface area contributed by atoms with E-state index in [4.69, 9.17) is 10.5 Å². The number of rotatable bonds is 11. The lowest BCUT2D eigenvalue weighted by atomic mass is 9.96. The van der Waals surface area contributed by atoms with Crippen LogP contribution in [0, 0.1) is 0 Å². The topological polar surface area (TPSA) is 84.7 Å². The SMILES string of the molecule is NCCCC[C@H]1C(=O)N[C@@H](Cc2ccc(OC3CCCCC3)cc2)C(=O)N1Cc1ccc(-c2ccccc2)cc1. The van der Waals surface area contributed by atoms with Gasteiger partial charge < -0.3 is 20.7 Å². The van der Waals surface area contributed by atoms with E-state index < -0.39 is 12.1 Å². The Balaban J connectivity index is 1.28. The molecule has 2 fully saturated rings. The molecule has 1 saturated heterocycles. The predicted octanol–water partition coefficient (Wildman–Crippen LogP) is 5.63. The van der Waals surface area contributed by atoms with Crippen molar-refractivity contribution < 1.29 is 14.3 Å². The third-order valence-corrected chi connectivity index (χ3v) is 8.14. The summed E-state index contributed by atoms with van der Waals surface area (Å²) >= 11 is 0. The lowest BCUT2D eigenvalue weighted by molar-refractivity contribution is -0.150. The molecule has 0 bridgehead atoms. The molecule has 2 atom stereocenters. The molecule has 2 amide bonds. The highest BCUT2D eigenvalue weighted by Crippen LogP contribution is 2.26. The fourth-order valence-corrected chi connectivity index (χ4v) is 5.87. The molecule has 6 heteroatoms. The van der Waals surface area contributed by atoms with E-state index in [2.05, 4.69) is 41.7 Å². The first-order valence-electron chi connectivity index (χ1n) is 14.8. The quantitative estimate of drug-likeness (QED) is 0.309. The average molecular weight is 540 g/mol. The number of nitrogens with zero attached hydrogens (tertiary/aromatic N) is 1. The number of ether oxygens (including phenoxy) is 1. The molecular weight excluding hydrogens is 498 g/mol. The Bertz CT molecular complexity index is 1240. The average Bonchev–Trinajstić information content (AvgIpc) is 2.99. The van der Waals surface area contributed by atoms with Crippen LogP contribution in [0.5, 0.6) is 5.75 Å². The number of nitrogens with two attached hydrogens (primary N) is 1. The molecule has 1 aliphatic carbocycles. The normalized spacial score (nSPS) is 19.9. The molecule has 6 nitrogen and oxygen atoms in total. The van der Waals surface area contributed by atoms with Gasteiger partial charge in [0.1, 0.15) is 17.8 Å². The first kappa shape index (κ1) is 27.9. The highest BCUT2D eigenvalue weighted by molar-refractivity contribution is 5.97. The van der Waals surface area contributed by atoms with Crippen molar-refractivity contribution in [2.75, 3.05) is 6.54 Å². The van der Waals surface area contributed by atoms with E-state index in [9.17, 15) is 9.59 Å². The Morgan fingerprint density at radius 3 is 2.17 bits per heavy atom. The van der Waals surface area contributed by atoms with Crippen molar-refractivity contribution in [1.29, 1.82) is 0 Å². The predicted molar refractivity (Wildman–Crippen MR) is 159 cm³/mol. The summed E-state index contributed by atoms with van der Waals surface area (Å²) in [5, 5.41) is 3.03. The van der Waals surface area contributed by atoms with E-state index in [1.807, 2.05) is 42.5 Å². The van der Waals surface area contributed by atoms with E-state index in [0.29, 0.717) is 32.0 Å². The van der Waals surface area contributed by atoms with Gasteiger partial charge in [0.05, 0.1) is 6.10 Å². The summed E-state index contributed by atoms with van der Waals surface area (Å²) in [6.07, 6.45) is 8.97. The van der Waals surface area contributed by atoms with Gasteiger partial charge in [-0.3, -0.25) is 9.59 Å². The number of unbranched alkanes of at least 4 members (excludes halogenated alkanes) is 1. The van der Waals surface area contributed by atoms with Crippen LogP contribution < -0.4 is 15.8 Å². The molecule has 3 aromatic carbocycles. The van der Waals surface area contributed by atoms with E-state index in [1.54, 1.807) is 4.90 Å². The monoisotopic (exact) mass is 539 g/mol. The van der Waals surface area contributed by atoms with Gasteiger partial charge in [-0.05, 0) is 85.9 Å². The summed E-state index contributed by atoms with van der Waals surface area (Å²) in [5.74, 6) is 0.752.